The monoisotopic (exact) mass is 373 g/mol. The highest BCUT2D eigenvalue weighted by Gasteiger charge is 2.23. The molecule has 0 radical (unpaired) electrons. The van der Waals surface area contributed by atoms with E-state index < -0.39 is 17.8 Å². The fraction of sp³-hybridized carbons (Fsp3) is 0.818. The van der Waals surface area contributed by atoms with Gasteiger partial charge in [-0.25, -0.2) is 9.59 Å². The Morgan fingerprint density at radius 3 is 2.28 bits per heavy atom. The Kier molecular flexibility index (Phi) is 7.34. The van der Waals surface area contributed by atoms with E-state index in [1.54, 1.807) is 34.7 Å². The first-order valence-corrected chi connectivity index (χ1v) is 7.01. The summed E-state index contributed by atoms with van der Waals surface area (Å²) in [5.41, 5.74) is -0.550. The molecule has 0 aliphatic rings. The van der Waals surface area contributed by atoms with Crippen molar-refractivity contribution in [1.29, 1.82) is 0 Å². The molecule has 106 valence electrons. The summed E-state index contributed by atoms with van der Waals surface area (Å²) in [5, 5.41) is 0. The maximum atomic E-state index is 11.7. The second-order valence-corrected chi connectivity index (χ2v) is 5.38. The molecule has 1 amide bonds. The summed E-state index contributed by atoms with van der Waals surface area (Å²) in [6, 6.07) is -0.290. The summed E-state index contributed by atoms with van der Waals surface area (Å²) in [5.74, 6) is 0. The lowest BCUT2D eigenvalue weighted by Crippen LogP contribution is -2.41. The molecule has 0 saturated heterocycles. The van der Waals surface area contributed by atoms with Crippen LogP contribution < -0.4 is 0 Å². The van der Waals surface area contributed by atoms with Gasteiger partial charge in [-0.2, -0.15) is 0 Å². The van der Waals surface area contributed by atoms with E-state index in [0.29, 0.717) is 0 Å². The van der Waals surface area contributed by atoms with E-state index in [0.717, 1.165) is 0 Å². The summed E-state index contributed by atoms with van der Waals surface area (Å²) in [7, 11) is 1.59. The number of ether oxygens (including phenoxy) is 3. The molecule has 0 aromatic carbocycles. The first-order valence-electron chi connectivity index (χ1n) is 5.48. The molecule has 0 bridgehead atoms. The molecule has 0 saturated carbocycles. The Morgan fingerprint density at radius 1 is 1.28 bits per heavy atom. The van der Waals surface area contributed by atoms with Crippen LogP contribution in [0.2, 0.25) is 0 Å². The van der Waals surface area contributed by atoms with E-state index in [4.69, 9.17) is 9.47 Å². The van der Waals surface area contributed by atoms with E-state index in [1.807, 2.05) is 22.6 Å². The second-order valence-electron chi connectivity index (χ2n) is 4.75. The summed E-state index contributed by atoms with van der Waals surface area (Å²) in [4.78, 5) is 24.1. The summed E-state index contributed by atoms with van der Waals surface area (Å²) < 4.78 is 14.9. The summed E-state index contributed by atoms with van der Waals surface area (Å²) in [6.07, 6.45) is -1.20. The molecular formula is C11H20INO5. The van der Waals surface area contributed by atoms with Crippen LogP contribution in [0.15, 0.2) is 0 Å². The largest absolute Gasteiger partial charge is 0.509 e. The number of carbonyl (C=O) groups excluding carboxylic acids is 2. The van der Waals surface area contributed by atoms with Crippen molar-refractivity contribution in [1.82, 2.24) is 4.90 Å². The van der Waals surface area contributed by atoms with Crippen molar-refractivity contribution < 1.29 is 23.8 Å². The molecule has 18 heavy (non-hydrogen) atoms. The minimum Gasteiger partial charge on any atom is -0.444 e. The Bertz CT molecular complexity index is 290. The van der Waals surface area contributed by atoms with Gasteiger partial charge in [0.1, 0.15) is 16.8 Å². The van der Waals surface area contributed by atoms with Crippen molar-refractivity contribution in [3.05, 3.63) is 0 Å². The topological polar surface area (TPSA) is 65.1 Å². The van der Waals surface area contributed by atoms with Gasteiger partial charge in [0.25, 0.3) is 0 Å². The van der Waals surface area contributed by atoms with Crippen LogP contribution in [0, 0.1) is 0 Å². The number of carbonyl (C=O) groups is 2. The molecule has 0 fully saturated rings. The van der Waals surface area contributed by atoms with E-state index >= 15 is 0 Å². The number of rotatable bonds is 4. The van der Waals surface area contributed by atoms with Crippen LogP contribution in [0.1, 0.15) is 27.7 Å². The lowest BCUT2D eigenvalue weighted by Gasteiger charge is -2.28. The van der Waals surface area contributed by atoms with Gasteiger partial charge < -0.3 is 19.1 Å². The van der Waals surface area contributed by atoms with E-state index in [9.17, 15) is 9.59 Å². The van der Waals surface area contributed by atoms with Gasteiger partial charge in [-0.15, -0.1) is 0 Å². The zero-order chi connectivity index (χ0) is 14.3. The quantitative estimate of drug-likeness (QED) is 0.431. The van der Waals surface area contributed by atoms with Gasteiger partial charge in [0, 0.05) is 7.05 Å². The van der Waals surface area contributed by atoms with Gasteiger partial charge in [0.05, 0.1) is 6.04 Å². The fourth-order valence-corrected chi connectivity index (χ4v) is 1.15. The summed E-state index contributed by atoms with van der Waals surface area (Å²) >= 11 is 1.89. The zero-order valence-corrected chi connectivity index (χ0v) is 13.5. The van der Waals surface area contributed by atoms with Crippen molar-refractivity contribution in [2.45, 2.75) is 39.3 Å². The van der Waals surface area contributed by atoms with Crippen LogP contribution in [0.25, 0.3) is 0 Å². The molecule has 0 aliphatic carbocycles. The number of alkyl halides is 1. The zero-order valence-electron chi connectivity index (χ0n) is 11.4. The van der Waals surface area contributed by atoms with Crippen molar-refractivity contribution >= 4 is 34.8 Å². The Hall–Kier alpha value is -0.730. The van der Waals surface area contributed by atoms with E-state index in [-0.39, 0.29) is 17.3 Å². The minimum atomic E-state index is -0.742. The molecular weight excluding hydrogens is 353 g/mol. The molecule has 1 atom stereocenters. The average molecular weight is 373 g/mol. The van der Waals surface area contributed by atoms with Gasteiger partial charge in [0.2, 0.25) is 0 Å². The number of hydrogen-bond acceptors (Lipinski definition) is 5. The number of likely N-dealkylation sites (N-methyl/N-ethyl adjacent to an activating group) is 1. The predicted molar refractivity (Wildman–Crippen MR) is 74.8 cm³/mol. The first kappa shape index (κ1) is 17.3. The SMILES string of the molecule is CC(COC(=O)OCI)N(C)C(=O)OC(C)(C)C. The standard InChI is InChI=1S/C11H20INO5/c1-8(6-16-10(15)17-7-12)13(5)9(14)18-11(2,3)4/h8H,6-7H2,1-5H3. The third kappa shape index (κ3) is 7.57. The fourth-order valence-electron chi connectivity index (χ4n) is 0.901. The molecule has 7 heteroatoms. The highest BCUT2D eigenvalue weighted by atomic mass is 127. The molecule has 1 unspecified atom stereocenters. The number of halogens is 1. The number of nitrogens with zero attached hydrogens (tertiary/aromatic N) is 1. The number of amides is 1. The lowest BCUT2D eigenvalue weighted by molar-refractivity contribution is 0.0104. The Morgan fingerprint density at radius 2 is 1.83 bits per heavy atom. The van der Waals surface area contributed by atoms with Crippen LogP contribution in [0.4, 0.5) is 9.59 Å². The predicted octanol–water partition coefficient (Wildman–Crippen LogP) is 2.79. The van der Waals surface area contributed by atoms with Gasteiger partial charge >= 0.3 is 12.2 Å². The first-order chi connectivity index (χ1) is 8.17. The van der Waals surface area contributed by atoms with E-state index in [1.165, 1.54) is 4.90 Å². The highest BCUT2D eigenvalue weighted by molar-refractivity contribution is 14.1. The van der Waals surface area contributed by atoms with Crippen molar-refractivity contribution in [3.8, 4) is 0 Å². The van der Waals surface area contributed by atoms with E-state index in [2.05, 4.69) is 4.74 Å². The molecule has 0 heterocycles. The van der Waals surface area contributed by atoms with Crippen LogP contribution in [0.5, 0.6) is 0 Å². The molecule has 0 aromatic heterocycles. The van der Waals surface area contributed by atoms with Crippen molar-refractivity contribution in [2.24, 2.45) is 0 Å². The normalized spacial score (nSPS) is 12.6. The van der Waals surface area contributed by atoms with Crippen LogP contribution in [-0.4, -0.2) is 47.1 Å². The minimum absolute atomic E-state index is 0.0607. The summed E-state index contributed by atoms with van der Waals surface area (Å²) in [6.45, 7) is 7.18. The van der Waals surface area contributed by atoms with Crippen LogP contribution in [-0.2, 0) is 14.2 Å². The van der Waals surface area contributed by atoms with Gasteiger partial charge in [0.15, 0.2) is 0 Å². The molecule has 0 spiro atoms. The molecule has 0 aromatic rings. The molecule has 0 aliphatic heterocycles. The third-order valence-electron chi connectivity index (χ3n) is 1.96. The van der Waals surface area contributed by atoms with Crippen molar-refractivity contribution in [2.75, 3.05) is 18.3 Å². The lowest BCUT2D eigenvalue weighted by atomic mass is 10.2. The highest BCUT2D eigenvalue weighted by Crippen LogP contribution is 2.10. The number of hydrogen-bond donors (Lipinski definition) is 0. The average Bonchev–Trinajstić information content (AvgIpc) is 2.22. The molecule has 0 N–H and O–H groups in total. The Labute approximate surface area is 121 Å². The van der Waals surface area contributed by atoms with Gasteiger partial charge in [-0.3, -0.25) is 0 Å². The van der Waals surface area contributed by atoms with Crippen LogP contribution in [0.3, 0.4) is 0 Å². The third-order valence-corrected chi connectivity index (χ3v) is 2.27. The van der Waals surface area contributed by atoms with Crippen LogP contribution >= 0.6 is 22.6 Å². The van der Waals surface area contributed by atoms with Gasteiger partial charge in [-0.05, 0) is 50.3 Å². The molecule has 6 nitrogen and oxygen atoms in total. The van der Waals surface area contributed by atoms with Gasteiger partial charge in [-0.1, -0.05) is 0 Å². The van der Waals surface area contributed by atoms with Crippen molar-refractivity contribution in [3.63, 3.8) is 0 Å². The maximum Gasteiger partial charge on any atom is 0.509 e. The molecule has 0 rings (SSSR count). The Balaban J connectivity index is 4.13. The maximum absolute atomic E-state index is 11.7. The smallest absolute Gasteiger partial charge is 0.444 e. The second kappa shape index (κ2) is 7.65.